The Morgan fingerprint density at radius 3 is 2.50 bits per heavy atom. The molecule has 2 aliphatic rings. The van der Waals surface area contributed by atoms with E-state index < -0.39 is 24.5 Å². The van der Waals surface area contributed by atoms with Crippen LogP contribution in [0.4, 0.5) is 8.78 Å². The van der Waals surface area contributed by atoms with E-state index in [-0.39, 0.29) is 0 Å². The molecule has 1 heterocycles. The quantitative estimate of drug-likeness (QED) is 0.742. The zero-order valence-electron chi connectivity index (χ0n) is 8.48. The molecule has 14 heavy (non-hydrogen) atoms. The van der Waals surface area contributed by atoms with Gasteiger partial charge in [-0.15, -0.1) is 0 Å². The molecule has 1 N–H and O–H groups in total. The summed E-state index contributed by atoms with van der Waals surface area (Å²) in [5, 5.41) is 3.30. The highest BCUT2D eigenvalue weighted by Gasteiger charge is 2.57. The number of hydrogen-bond acceptors (Lipinski definition) is 2. The summed E-state index contributed by atoms with van der Waals surface area (Å²) in [6.07, 6.45) is 1.91. The van der Waals surface area contributed by atoms with Gasteiger partial charge in [0, 0.05) is 24.3 Å². The molecule has 2 rings (SSSR count). The molecule has 2 fully saturated rings. The second-order valence-corrected chi connectivity index (χ2v) is 4.80. The first-order chi connectivity index (χ1) is 6.64. The van der Waals surface area contributed by atoms with Crippen LogP contribution in [0.2, 0.25) is 0 Å². The minimum atomic E-state index is -0.760. The normalized spacial score (nSPS) is 34.1. The van der Waals surface area contributed by atoms with Crippen LogP contribution in [0.25, 0.3) is 0 Å². The van der Waals surface area contributed by atoms with Crippen molar-refractivity contribution in [1.29, 1.82) is 0 Å². The highest BCUT2D eigenvalue weighted by atomic mass is 19.1. The Kier molecular flexibility index (Phi) is 2.52. The van der Waals surface area contributed by atoms with Crippen LogP contribution in [0.3, 0.4) is 0 Å². The van der Waals surface area contributed by atoms with Crippen LogP contribution >= 0.6 is 0 Å². The summed E-state index contributed by atoms with van der Waals surface area (Å²) in [6, 6.07) is 0.390. The maximum Gasteiger partial charge on any atom is 0.120 e. The molecular weight excluding hydrogens is 188 g/mol. The van der Waals surface area contributed by atoms with Crippen LogP contribution in [0, 0.1) is 5.41 Å². The van der Waals surface area contributed by atoms with Crippen molar-refractivity contribution in [3.8, 4) is 0 Å². The first-order valence-corrected chi connectivity index (χ1v) is 5.17. The lowest BCUT2D eigenvalue weighted by Gasteiger charge is -2.56. The fourth-order valence-corrected chi connectivity index (χ4v) is 2.58. The van der Waals surface area contributed by atoms with Crippen molar-refractivity contribution in [2.24, 2.45) is 5.41 Å². The van der Waals surface area contributed by atoms with Crippen molar-refractivity contribution in [3.63, 3.8) is 0 Å². The molecule has 1 spiro atoms. The Hall–Kier alpha value is -0.220. The summed E-state index contributed by atoms with van der Waals surface area (Å²) >= 11 is 0. The lowest BCUT2D eigenvalue weighted by molar-refractivity contribution is -0.220. The number of halogens is 2. The van der Waals surface area contributed by atoms with Gasteiger partial charge in [-0.25, -0.2) is 0 Å². The van der Waals surface area contributed by atoms with Crippen molar-refractivity contribution in [1.82, 2.24) is 5.32 Å². The Labute approximate surface area is 83.0 Å². The predicted molar refractivity (Wildman–Crippen MR) is 49.5 cm³/mol. The van der Waals surface area contributed by atoms with Gasteiger partial charge in [0.25, 0.3) is 0 Å². The zero-order valence-corrected chi connectivity index (χ0v) is 8.48. The van der Waals surface area contributed by atoms with Crippen LogP contribution in [-0.4, -0.2) is 31.7 Å². The van der Waals surface area contributed by atoms with Gasteiger partial charge in [0.05, 0.1) is 20.0 Å². The number of nitrogens with one attached hydrogen (secondary N) is 1. The summed E-state index contributed by atoms with van der Waals surface area (Å²) in [5.41, 5.74) is -1.18. The van der Waals surface area contributed by atoms with E-state index in [1.807, 2.05) is 0 Å². The molecule has 1 atom stereocenters. The van der Waals surface area contributed by atoms with Crippen LogP contribution in [0.1, 0.15) is 26.2 Å². The third kappa shape index (κ3) is 1.54. The zero-order chi connectivity index (χ0) is 10.2. The van der Waals surface area contributed by atoms with Crippen LogP contribution in [0.5, 0.6) is 0 Å². The van der Waals surface area contributed by atoms with Crippen LogP contribution < -0.4 is 5.32 Å². The highest BCUT2D eigenvalue weighted by Crippen LogP contribution is 2.51. The molecule has 0 bridgehead atoms. The van der Waals surface area contributed by atoms with E-state index in [4.69, 9.17) is 4.74 Å². The Morgan fingerprint density at radius 2 is 2.00 bits per heavy atom. The van der Waals surface area contributed by atoms with Gasteiger partial charge < -0.3 is 4.74 Å². The molecule has 2 nitrogen and oxygen atoms in total. The minimum Gasteiger partial charge on any atom is -0.361 e. The van der Waals surface area contributed by atoms with Gasteiger partial charge in [-0.2, -0.15) is 0 Å². The standard InChI is InChI=1S/C10H17F2NO/c1-8-2-3-14-10(13-8)4-9(5-10,6-11)7-12/h8,13H,2-7H2,1H3. The van der Waals surface area contributed by atoms with E-state index in [0.29, 0.717) is 25.5 Å². The molecule has 0 aromatic rings. The van der Waals surface area contributed by atoms with Crippen molar-refractivity contribution in [3.05, 3.63) is 0 Å². The summed E-state index contributed by atoms with van der Waals surface area (Å²) in [6.45, 7) is 1.62. The average molecular weight is 205 g/mol. The topological polar surface area (TPSA) is 21.3 Å². The van der Waals surface area contributed by atoms with Crippen molar-refractivity contribution < 1.29 is 13.5 Å². The predicted octanol–water partition coefficient (Wildman–Crippen LogP) is 1.80. The van der Waals surface area contributed by atoms with E-state index in [1.54, 1.807) is 0 Å². The van der Waals surface area contributed by atoms with Gasteiger partial charge >= 0.3 is 0 Å². The molecule has 0 radical (unpaired) electrons. The molecule has 0 amide bonds. The van der Waals surface area contributed by atoms with Gasteiger partial charge in [0.15, 0.2) is 0 Å². The maximum atomic E-state index is 12.6. The van der Waals surface area contributed by atoms with E-state index in [9.17, 15) is 8.78 Å². The summed E-state index contributed by atoms with van der Waals surface area (Å²) in [7, 11) is 0. The number of alkyl halides is 2. The van der Waals surface area contributed by atoms with Crippen LogP contribution in [0.15, 0.2) is 0 Å². The molecule has 1 unspecified atom stereocenters. The second kappa shape index (κ2) is 3.42. The molecule has 1 saturated carbocycles. The van der Waals surface area contributed by atoms with Crippen LogP contribution in [-0.2, 0) is 4.74 Å². The fraction of sp³-hybridized carbons (Fsp3) is 1.00. The molecule has 0 aromatic carbocycles. The molecular formula is C10H17F2NO. The first kappa shape index (κ1) is 10.3. The summed E-state index contributed by atoms with van der Waals surface area (Å²) in [5.74, 6) is 0. The molecule has 4 heteroatoms. The van der Waals surface area contributed by atoms with E-state index in [0.717, 1.165) is 6.42 Å². The molecule has 82 valence electrons. The third-order valence-corrected chi connectivity index (χ3v) is 3.33. The van der Waals surface area contributed by atoms with Crippen molar-refractivity contribution >= 4 is 0 Å². The molecule has 1 aliphatic heterocycles. The number of ether oxygens (including phenoxy) is 1. The molecule has 1 aliphatic carbocycles. The largest absolute Gasteiger partial charge is 0.361 e. The van der Waals surface area contributed by atoms with E-state index >= 15 is 0 Å². The van der Waals surface area contributed by atoms with Crippen molar-refractivity contribution in [2.75, 3.05) is 20.0 Å². The van der Waals surface area contributed by atoms with Gasteiger partial charge in [-0.1, -0.05) is 0 Å². The Morgan fingerprint density at radius 1 is 1.36 bits per heavy atom. The smallest absolute Gasteiger partial charge is 0.120 e. The minimum absolute atomic E-state index is 0.390. The summed E-state index contributed by atoms with van der Waals surface area (Å²) < 4.78 is 30.8. The lowest BCUT2D eigenvalue weighted by Crippen LogP contribution is -2.67. The Bertz CT molecular complexity index is 210. The second-order valence-electron chi connectivity index (χ2n) is 4.80. The lowest BCUT2D eigenvalue weighted by atomic mass is 9.63. The average Bonchev–Trinajstić information content (AvgIpc) is 2.13. The van der Waals surface area contributed by atoms with E-state index in [2.05, 4.69) is 12.2 Å². The molecule has 0 aromatic heterocycles. The maximum absolute atomic E-state index is 12.6. The van der Waals surface area contributed by atoms with E-state index in [1.165, 1.54) is 0 Å². The number of rotatable bonds is 2. The van der Waals surface area contributed by atoms with Gasteiger partial charge in [0.1, 0.15) is 5.72 Å². The molecule has 1 saturated heterocycles. The summed E-state index contributed by atoms with van der Waals surface area (Å²) in [4.78, 5) is 0. The number of hydrogen-bond donors (Lipinski definition) is 1. The van der Waals surface area contributed by atoms with Gasteiger partial charge in [-0.3, -0.25) is 14.1 Å². The third-order valence-electron chi connectivity index (χ3n) is 3.33. The first-order valence-electron chi connectivity index (χ1n) is 5.17. The monoisotopic (exact) mass is 205 g/mol. The SMILES string of the molecule is CC1CCOC2(CC(CF)(CF)C2)N1. The van der Waals surface area contributed by atoms with Gasteiger partial charge in [-0.05, 0) is 13.3 Å². The Balaban J connectivity index is 1.96. The van der Waals surface area contributed by atoms with Gasteiger partial charge in [0.2, 0.25) is 0 Å². The highest BCUT2D eigenvalue weighted by molar-refractivity contribution is 5.05. The fourth-order valence-electron chi connectivity index (χ4n) is 2.58. The van der Waals surface area contributed by atoms with Crippen molar-refractivity contribution in [2.45, 2.75) is 38.0 Å².